The van der Waals surface area contributed by atoms with E-state index in [1.165, 1.54) is 11.3 Å². The van der Waals surface area contributed by atoms with Gasteiger partial charge in [-0.15, -0.1) is 11.3 Å². The van der Waals surface area contributed by atoms with E-state index < -0.39 is 6.09 Å². The second-order valence-corrected chi connectivity index (χ2v) is 6.06. The van der Waals surface area contributed by atoms with Crippen molar-refractivity contribution in [3.63, 3.8) is 0 Å². The first-order valence-electron chi connectivity index (χ1n) is 7.85. The summed E-state index contributed by atoms with van der Waals surface area (Å²) in [7, 11) is 0. The van der Waals surface area contributed by atoms with Crippen LogP contribution in [0.3, 0.4) is 0 Å². The summed E-state index contributed by atoms with van der Waals surface area (Å²) in [5, 5.41) is 3.31. The molecule has 0 saturated carbocycles. The SMILES string of the molecule is CCOC(=O)c1sc(C=CCNC(=O)OCc2ccccc2)nc1C. The van der Waals surface area contributed by atoms with Gasteiger partial charge < -0.3 is 14.8 Å². The highest BCUT2D eigenvalue weighted by Crippen LogP contribution is 2.20. The summed E-state index contributed by atoms with van der Waals surface area (Å²) >= 11 is 1.26. The third kappa shape index (κ3) is 6.04. The molecule has 0 unspecified atom stereocenters. The highest BCUT2D eigenvalue weighted by atomic mass is 32.1. The predicted octanol–water partition coefficient (Wildman–Crippen LogP) is 3.57. The Morgan fingerprint density at radius 2 is 2.00 bits per heavy atom. The van der Waals surface area contributed by atoms with E-state index in [9.17, 15) is 9.59 Å². The van der Waals surface area contributed by atoms with Gasteiger partial charge >= 0.3 is 12.1 Å². The molecule has 0 saturated heterocycles. The Hall–Kier alpha value is -2.67. The zero-order valence-corrected chi connectivity index (χ0v) is 15.0. The Morgan fingerprint density at radius 3 is 2.72 bits per heavy atom. The van der Waals surface area contributed by atoms with Crippen molar-refractivity contribution in [1.29, 1.82) is 0 Å². The average Bonchev–Trinajstić information content (AvgIpc) is 2.99. The number of alkyl carbamates (subject to hydrolysis) is 1. The van der Waals surface area contributed by atoms with Crippen molar-refractivity contribution in [3.8, 4) is 0 Å². The van der Waals surface area contributed by atoms with Crippen molar-refractivity contribution in [2.24, 2.45) is 0 Å². The molecule has 2 aromatic rings. The lowest BCUT2D eigenvalue weighted by Crippen LogP contribution is -2.24. The summed E-state index contributed by atoms with van der Waals surface area (Å²) < 4.78 is 10.1. The summed E-state index contributed by atoms with van der Waals surface area (Å²) in [5.41, 5.74) is 1.57. The molecule has 0 atom stereocenters. The molecule has 25 heavy (non-hydrogen) atoms. The molecule has 1 aromatic carbocycles. The van der Waals surface area contributed by atoms with E-state index in [4.69, 9.17) is 9.47 Å². The molecule has 0 bridgehead atoms. The number of nitrogens with one attached hydrogen (secondary N) is 1. The first-order chi connectivity index (χ1) is 12.1. The maximum atomic E-state index is 11.7. The lowest BCUT2D eigenvalue weighted by Gasteiger charge is -2.04. The number of rotatable bonds is 7. The minimum absolute atomic E-state index is 0.227. The maximum absolute atomic E-state index is 11.7. The van der Waals surface area contributed by atoms with Crippen molar-refractivity contribution < 1.29 is 19.1 Å². The largest absolute Gasteiger partial charge is 0.462 e. The minimum Gasteiger partial charge on any atom is -0.462 e. The number of nitrogens with zero attached hydrogens (tertiary/aromatic N) is 1. The Balaban J connectivity index is 1.76. The molecule has 0 aliphatic heterocycles. The lowest BCUT2D eigenvalue weighted by molar-refractivity contribution is 0.0531. The third-order valence-corrected chi connectivity index (χ3v) is 4.21. The molecule has 0 radical (unpaired) electrons. The van der Waals surface area contributed by atoms with Gasteiger partial charge in [-0.1, -0.05) is 36.4 Å². The molecule has 6 nitrogen and oxygen atoms in total. The number of amides is 1. The minimum atomic E-state index is -0.490. The maximum Gasteiger partial charge on any atom is 0.407 e. The van der Waals surface area contributed by atoms with Crippen LogP contribution in [0, 0.1) is 6.92 Å². The van der Waals surface area contributed by atoms with Crippen LogP contribution in [0.5, 0.6) is 0 Å². The molecule has 0 fully saturated rings. The number of hydrogen-bond acceptors (Lipinski definition) is 6. The molecule has 1 heterocycles. The van der Waals surface area contributed by atoms with Crippen LogP contribution < -0.4 is 5.32 Å². The van der Waals surface area contributed by atoms with Crippen LogP contribution >= 0.6 is 11.3 Å². The van der Waals surface area contributed by atoms with Crippen LogP contribution in [0.2, 0.25) is 0 Å². The van der Waals surface area contributed by atoms with Gasteiger partial charge in [0.2, 0.25) is 0 Å². The molecule has 132 valence electrons. The van der Waals surface area contributed by atoms with Gasteiger partial charge in [0, 0.05) is 6.54 Å². The highest BCUT2D eigenvalue weighted by molar-refractivity contribution is 7.14. The van der Waals surface area contributed by atoms with Gasteiger partial charge in [-0.25, -0.2) is 14.6 Å². The average molecular weight is 360 g/mol. The normalized spacial score (nSPS) is 10.6. The Bertz CT molecular complexity index is 741. The molecule has 1 N–H and O–H groups in total. The smallest absolute Gasteiger partial charge is 0.407 e. The number of benzene rings is 1. The van der Waals surface area contributed by atoms with Gasteiger partial charge in [0.1, 0.15) is 16.5 Å². The fourth-order valence-corrected chi connectivity index (χ4v) is 2.84. The number of aryl methyl sites for hydroxylation is 1. The van der Waals surface area contributed by atoms with E-state index in [-0.39, 0.29) is 12.6 Å². The van der Waals surface area contributed by atoms with Gasteiger partial charge in [-0.2, -0.15) is 0 Å². The fourth-order valence-electron chi connectivity index (χ4n) is 1.95. The van der Waals surface area contributed by atoms with Crippen molar-refractivity contribution in [2.45, 2.75) is 20.5 Å². The lowest BCUT2D eigenvalue weighted by atomic mass is 10.2. The molecule has 1 aromatic heterocycles. The zero-order chi connectivity index (χ0) is 18.1. The van der Waals surface area contributed by atoms with E-state index >= 15 is 0 Å². The Morgan fingerprint density at radius 1 is 1.24 bits per heavy atom. The summed E-state index contributed by atoms with van der Waals surface area (Å²) in [6.45, 7) is 4.39. The molecule has 2 rings (SSSR count). The first-order valence-corrected chi connectivity index (χ1v) is 8.67. The van der Waals surface area contributed by atoms with E-state index in [0.29, 0.717) is 28.7 Å². The molecular formula is C18H20N2O4S. The molecule has 7 heteroatoms. The van der Waals surface area contributed by atoms with Gasteiger partial charge in [0.05, 0.1) is 12.3 Å². The number of carbonyl (C=O) groups excluding carboxylic acids is 2. The van der Waals surface area contributed by atoms with Crippen LogP contribution in [-0.2, 0) is 16.1 Å². The highest BCUT2D eigenvalue weighted by Gasteiger charge is 2.14. The van der Waals surface area contributed by atoms with Crippen molar-refractivity contribution >= 4 is 29.5 Å². The van der Waals surface area contributed by atoms with Crippen molar-refractivity contribution in [2.75, 3.05) is 13.2 Å². The van der Waals surface area contributed by atoms with Gasteiger partial charge in [-0.05, 0) is 25.5 Å². The topological polar surface area (TPSA) is 77.5 Å². The molecule has 0 aliphatic rings. The monoisotopic (exact) mass is 360 g/mol. The standard InChI is InChI=1S/C18H20N2O4S/c1-3-23-17(21)16-13(2)20-15(25-16)10-7-11-19-18(22)24-12-14-8-5-4-6-9-14/h4-10H,3,11-12H2,1-2H3,(H,19,22). The number of hydrogen-bond donors (Lipinski definition) is 1. The second-order valence-electron chi connectivity index (χ2n) is 5.03. The predicted molar refractivity (Wildman–Crippen MR) is 96.5 cm³/mol. The van der Waals surface area contributed by atoms with Crippen molar-refractivity contribution in [1.82, 2.24) is 10.3 Å². The fraction of sp³-hybridized carbons (Fsp3) is 0.278. The molecule has 1 amide bonds. The first kappa shape index (κ1) is 18.7. The number of thiazole rings is 1. The summed E-state index contributed by atoms with van der Waals surface area (Å²) in [5.74, 6) is -0.361. The Labute approximate surface area is 150 Å². The van der Waals surface area contributed by atoms with Crippen LogP contribution in [0.4, 0.5) is 4.79 Å². The van der Waals surface area contributed by atoms with Crippen LogP contribution in [0.1, 0.15) is 32.9 Å². The third-order valence-electron chi connectivity index (χ3n) is 3.11. The van der Waals surface area contributed by atoms with Crippen LogP contribution in [0.25, 0.3) is 6.08 Å². The zero-order valence-electron chi connectivity index (χ0n) is 14.2. The van der Waals surface area contributed by atoms with E-state index in [0.717, 1.165) is 5.56 Å². The number of carbonyl (C=O) groups is 2. The molecule has 0 spiro atoms. The number of ether oxygens (including phenoxy) is 2. The van der Waals surface area contributed by atoms with Crippen LogP contribution in [0.15, 0.2) is 36.4 Å². The quantitative estimate of drug-likeness (QED) is 0.764. The van der Waals surface area contributed by atoms with Gasteiger partial charge in [0.15, 0.2) is 0 Å². The molecule has 0 aliphatic carbocycles. The summed E-state index contributed by atoms with van der Waals surface area (Å²) in [4.78, 5) is 28.1. The summed E-state index contributed by atoms with van der Waals surface area (Å²) in [6, 6.07) is 9.46. The Kier molecular flexibility index (Phi) is 7.16. The van der Waals surface area contributed by atoms with E-state index in [1.54, 1.807) is 26.0 Å². The summed E-state index contributed by atoms with van der Waals surface area (Å²) in [6.07, 6.45) is 3.01. The van der Waals surface area contributed by atoms with Gasteiger partial charge in [0.25, 0.3) is 0 Å². The van der Waals surface area contributed by atoms with Crippen LogP contribution in [-0.4, -0.2) is 30.2 Å². The number of aromatic nitrogens is 1. The van der Waals surface area contributed by atoms with Gasteiger partial charge in [-0.3, -0.25) is 0 Å². The molecular weight excluding hydrogens is 340 g/mol. The van der Waals surface area contributed by atoms with E-state index in [1.807, 2.05) is 30.3 Å². The van der Waals surface area contributed by atoms with Crippen molar-refractivity contribution in [3.05, 3.63) is 57.6 Å². The number of esters is 1. The second kappa shape index (κ2) is 9.58. The van der Waals surface area contributed by atoms with E-state index in [2.05, 4.69) is 10.3 Å².